The Morgan fingerprint density at radius 2 is 1.40 bits per heavy atom. The molecule has 1 heterocycles. The Bertz CT molecular complexity index is 724. The van der Waals surface area contributed by atoms with Crippen LogP contribution in [0.25, 0.3) is 11.1 Å². The zero-order valence-corrected chi connectivity index (χ0v) is 12.1. The standard InChI is InChI=1S/C15H11N3S2/c16-18-13(19)15(17-14(18)20)11-7-3-1-5-9(11)10-6-2-4-8-12(10)15/h1-8H,16H2,(H,17,20). The van der Waals surface area contributed by atoms with Crippen molar-refractivity contribution in [2.45, 2.75) is 5.54 Å². The molecule has 1 saturated heterocycles. The predicted molar refractivity (Wildman–Crippen MR) is 87.0 cm³/mol. The second kappa shape index (κ2) is 3.85. The summed E-state index contributed by atoms with van der Waals surface area (Å²) in [5.74, 6) is 5.98. The van der Waals surface area contributed by atoms with Crippen LogP contribution in [-0.4, -0.2) is 15.1 Å². The van der Waals surface area contributed by atoms with Crippen molar-refractivity contribution < 1.29 is 0 Å². The van der Waals surface area contributed by atoms with Crippen LogP contribution in [0.4, 0.5) is 0 Å². The normalized spacial score (nSPS) is 18.1. The maximum absolute atomic E-state index is 5.98. The molecule has 2 aliphatic rings. The summed E-state index contributed by atoms with van der Waals surface area (Å²) in [7, 11) is 0. The quantitative estimate of drug-likeness (QED) is 0.577. The monoisotopic (exact) mass is 297 g/mol. The highest BCUT2D eigenvalue weighted by Crippen LogP contribution is 2.49. The molecule has 0 aromatic heterocycles. The minimum Gasteiger partial charge on any atom is -0.342 e. The van der Waals surface area contributed by atoms with Gasteiger partial charge in [-0.15, -0.1) is 0 Å². The van der Waals surface area contributed by atoms with Gasteiger partial charge in [0, 0.05) is 0 Å². The number of hydrazine groups is 1. The number of nitrogens with two attached hydrogens (primary N) is 1. The maximum atomic E-state index is 5.98. The minimum atomic E-state index is -0.603. The van der Waals surface area contributed by atoms with Crippen molar-refractivity contribution >= 4 is 34.5 Å². The molecule has 1 aliphatic carbocycles. The lowest BCUT2D eigenvalue weighted by atomic mass is 9.88. The van der Waals surface area contributed by atoms with Gasteiger partial charge in [-0.3, -0.25) is 0 Å². The van der Waals surface area contributed by atoms with Crippen molar-refractivity contribution in [2.75, 3.05) is 0 Å². The highest BCUT2D eigenvalue weighted by molar-refractivity contribution is 7.82. The van der Waals surface area contributed by atoms with Crippen LogP contribution >= 0.6 is 24.4 Å². The van der Waals surface area contributed by atoms with Crippen LogP contribution in [0.15, 0.2) is 48.5 Å². The van der Waals surface area contributed by atoms with Crippen LogP contribution < -0.4 is 11.2 Å². The fourth-order valence-electron chi connectivity index (χ4n) is 3.15. The van der Waals surface area contributed by atoms with E-state index in [4.69, 9.17) is 30.3 Å². The lowest BCUT2D eigenvalue weighted by Gasteiger charge is -2.26. The Balaban J connectivity index is 2.11. The van der Waals surface area contributed by atoms with Gasteiger partial charge in [0.15, 0.2) is 5.11 Å². The van der Waals surface area contributed by atoms with Gasteiger partial charge in [-0.05, 0) is 34.5 Å². The van der Waals surface area contributed by atoms with Gasteiger partial charge in [0.25, 0.3) is 0 Å². The van der Waals surface area contributed by atoms with Crippen LogP contribution in [0.1, 0.15) is 11.1 Å². The second-order valence-electron chi connectivity index (χ2n) is 4.95. The molecule has 4 rings (SSSR count). The van der Waals surface area contributed by atoms with Crippen molar-refractivity contribution in [1.29, 1.82) is 0 Å². The van der Waals surface area contributed by atoms with Crippen LogP contribution in [0.2, 0.25) is 0 Å². The summed E-state index contributed by atoms with van der Waals surface area (Å²) in [5.41, 5.74) is 3.98. The zero-order valence-electron chi connectivity index (χ0n) is 10.5. The third-order valence-electron chi connectivity index (χ3n) is 4.01. The van der Waals surface area contributed by atoms with Crippen molar-refractivity contribution in [1.82, 2.24) is 10.3 Å². The van der Waals surface area contributed by atoms with Gasteiger partial charge < -0.3 is 5.32 Å². The van der Waals surface area contributed by atoms with Crippen LogP contribution in [0.3, 0.4) is 0 Å². The first-order valence-corrected chi connectivity index (χ1v) is 7.08. The molecule has 1 spiro atoms. The van der Waals surface area contributed by atoms with Gasteiger partial charge in [-0.25, -0.2) is 10.9 Å². The van der Waals surface area contributed by atoms with E-state index in [1.807, 2.05) is 24.3 Å². The van der Waals surface area contributed by atoms with E-state index < -0.39 is 5.54 Å². The maximum Gasteiger partial charge on any atom is 0.189 e. The topological polar surface area (TPSA) is 41.3 Å². The molecule has 20 heavy (non-hydrogen) atoms. The summed E-state index contributed by atoms with van der Waals surface area (Å²) >= 11 is 10.9. The van der Waals surface area contributed by atoms with Gasteiger partial charge in [0.1, 0.15) is 10.5 Å². The molecule has 3 nitrogen and oxygen atoms in total. The van der Waals surface area contributed by atoms with Gasteiger partial charge in [-0.2, -0.15) is 0 Å². The zero-order chi connectivity index (χ0) is 13.9. The van der Waals surface area contributed by atoms with Crippen molar-refractivity contribution in [3.8, 4) is 11.1 Å². The average molecular weight is 297 g/mol. The Hall–Kier alpha value is -1.82. The third-order valence-corrected chi connectivity index (χ3v) is 4.81. The molecule has 98 valence electrons. The summed E-state index contributed by atoms with van der Waals surface area (Å²) in [6, 6.07) is 16.5. The molecule has 5 heteroatoms. The molecular weight excluding hydrogens is 286 g/mol. The Kier molecular flexibility index (Phi) is 2.30. The molecule has 0 unspecified atom stereocenters. The number of thiocarbonyl (C=S) groups is 2. The van der Waals surface area contributed by atoms with E-state index in [1.54, 1.807) is 0 Å². The molecule has 1 fully saturated rings. The van der Waals surface area contributed by atoms with Crippen molar-refractivity contribution in [3.05, 3.63) is 59.7 Å². The molecule has 2 aromatic rings. The first-order valence-electron chi connectivity index (χ1n) is 6.27. The highest BCUT2D eigenvalue weighted by Gasteiger charge is 2.53. The Morgan fingerprint density at radius 1 is 0.900 bits per heavy atom. The molecule has 0 saturated carbocycles. The minimum absolute atomic E-state index is 0.460. The van der Waals surface area contributed by atoms with Crippen LogP contribution in [-0.2, 0) is 5.54 Å². The largest absolute Gasteiger partial charge is 0.342 e. The number of benzene rings is 2. The first kappa shape index (κ1) is 12.0. The average Bonchev–Trinajstić information content (AvgIpc) is 2.89. The van der Waals surface area contributed by atoms with Gasteiger partial charge in [-0.1, -0.05) is 60.7 Å². The number of nitrogens with zero attached hydrogens (tertiary/aromatic N) is 1. The van der Waals surface area contributed by atoms with Crippen molar-refractivity contribution in [2.24, 2.45) is 5.84 Å². The summed E-state index contributed by atoms with van der Waals surface area (Å²) in [6.07, 6.45) is 0. The van der Waals surface area contributed by atoms with E-state index >= 15 is 0 Å². The molecule has 0 amide bonds. The number of fused-ring (bicyclic) bond motifs is 5. The number of hydrogen-bond acceptors (Lipinski definition) is 3. The summed E-state index contributed by atoms with van der Waals surface area (Å²) < 4.78 is 0. The Labute approximate surface area is 127 Å². The fourth-order valence-corrected chi connectivity index (χ4v) is 3.81. The van der Waals surface area contributed by atoms with Gasteiger partial charge in [0.2, 0.25) is 0 Å². The molecule has 0 bridgehead atoms. The lowest BCUT2D eigenvalue weighted by molar-refractivity contribution is 0.663. The summed E-state index contributed by atoms with van der Waals surface area (Å²) in [5, 5.41) is 5.18. The third kappa shape index (κ3) is 1.22. The SMILES string of the molecule is NN1C(=S)NC2(C1=S)c1ccccc1-c1ccccc12. The van der Waals surface area contributed by atoms with E-state index in [9.17, 15) is 0 Å². The molecule has 0 atom stereocenters. The predicted octanol–water partition coefficient (Wildman–Crippen LogP) is 2.30. The van der Waals surface area contributed by atoms with Crippen LogP contribution in [0.5, 0.6) is 0 Å². The van der Waals surface area contributed by atoms with Crippen LogP contribution in [0, 0.1) is 0 Å². The number of rotatable bonds is 0. The van der Waals surface area contributed by atoms with Gasteiger partial charge in [0.05, 0.1) is 0 Å². The fraction of sp³-hybridized carbons (Fsp3) is 0.0667. The summed E-state index contributed by atoms with van der Waals surface area (Å²) in [4.78, 5) is 0.597. The van der Waals surface area contributed by atoms with E-state index in [1.165, 1.54) is 16.1 Å². The van der Waals surface area contributed by atoms with E-state index in [2.05, 4.69) is 29.6 Å². The van der Waals surface area contributed by atoms with Crippen molar-refractivity contribution in [3.63, 3.8) is 0 Å². The molecular formula is C15H11N3S2. The second-order valence-corrected chi connectivity index (χ2v) is 5.72. The van der Waals surface area contributed by atoms with E-state index in [-0.39, 0.29) is 0 Å². The summed E-state index contributed by atoms with van der Waals surface area (Å²) in [6.45, 7) is 0. The lowest BCUT2D eigenvalue weighted by Crippen LogP contribution is -2.43. The highest BCUT2D eigenvalue weighted by atomic mass is 32.1. The smallest absolute Gasteiger partial charge is 0.189 e. The van der Waals surface area contributed by atoms with Gasteiger partial charge >= 0.3 is 0 Å². The molecule has 3 N–H and O–H groups in total. The Morgan fingerprint density at radius 3 is 1.85 bits per heavy atom. The number of hydrogen-bond donors (Lipinski definition) is 2. The molecule has 0 radical (unpaired) electrons. The first-order chi connectivity index (χ1) is 9.66. The number of nitrogens with one attached hydrogen (secondary N) is 1. The van der Waals surface area contributed by atoms with E-state index in [0.29, 0.717) is 10.1 Å². The van der Waals surface area contributed by atoms with E-state index in [0.717, 1.165) is 11.1 Å². The molecule has 2 aromatic carbocycles. The molecule has 1 aliphatic heterocycles.